The maximum atomic E-state index is 13.3. The van der Waals surface area contributed by atoms with E-state index in [0.29, 0.717) is 6.61 Å². The van der Waals surface area contributed by atoms with Gasteiger partial charge in [-0.05, 0) is 36.6 Å². The molecular weight excluding hydrogens is 226 g/mol. The molecule has 2 rings (SSSR count). The van der Waals surface area contributed by atoms with Crippen LogP contribution in [0.3, 0.4) is 0 Å². The maximum Gasteiger partial charge on any atom is 0.139 e. The first-order valence-electron chi connectivity index (χ1n) is 5.72. The van der Waals surface area contributed by atoms with Crippen LogP contribution < -0.4 is 0 Å². The molecule has 0 aliphatic carbocycles. The van der Waals surface area contributed by atoms with Gasteiger partial charge < -0.3 is 4.74 Å². The molecule has 0 saturated carbocycles. The molecule has 1 aliphatic rings. The minimum Gasteiger partial charge on any atom is -0.378 e. The Morgan fingerprint density at radius 1 is 1.41 bits per heavy atom. The maximum absolute atomic E-state index is 13.3. The summed E-state index contributed by atoms with van der Waals surface area (Å²) in [6.07, 6.45) is 2.02. The molecule has 92 valence electrons. The van der Waals surface area contributed by atoms with E-state index in [-0.39, 0.29) is 30.3 Å². The van der Waals surface area contributed by atoms with E-state index in [9.17, 15) is 13.6 Å². The summed E-state index contributed by atoms with van der Waals surface area (Å²) < 4.78 is 31.5. The number of ketones is 1. The van der Waals surface area contributed by atoms with Gasteiger partial charge in [-0.2, -0.15) is 0 Å². The highest BCUT2D eigenvalue weighted by atomic mass is 19.1. The summed E-state index contributed by atoms with van der Waals surface area (Å²) in [5.41, 5.74) is 0.119. The molecule has 1 aliphatic heterocycles. The first-order valence-corrected chi connectivity index (χ1v) is 5.72. The van der Waals surface area contributed by atoms with Crippen molar-refractivity contribution in [2.75, 3.05) is 6.61 Å². The van der Waals surface area contributed by atoms with Crippen molar-refractivity contribution in [3.8, 4) is 0 Å². The van der Waals surface area contributed by atoms with Crippen molar-refractivity contribution in [3.05, 3.63) is 35.4 Å². The van der Waals surface area contributed by atoms with Crippen molar-refractivity contribution < 1.29 is 18.3 Å². The number of carbonyl (C=O) groups is 1. The largest absolute Gasteiger partial charge is 0.378 e. The minimum atomic E-state index is -0.535. The van der Waals surface area contributed by atoms with Crippen LogP contribution >= 0.6 is 0 Å². The van der Waals surface area contributed by atoms with Crippen molar-refractivity contribution in [3.63, 3.8) is 0 Å². The Kier molecular flexibility index (Phi) is 3.84. The first-order chi connectivity index (χ1) is 8.15. The number of ether oxygens (including phenoxy) is 1. The van der Waals surface area contributed by atoms with Crippen LogP contribution in [0.5, 0.6) is 0 Å². The molecule has 1 fully saturated rings. The van der Waals surface area contributed by atoms with Gasteiger partial charge >= 0.3 is 0 Å². The number of Topliss-reactive ketones (excluding diaryl/α,β-unsaturated/α-hetero) is 1. The fourth-order valence-corrected chi connectivity index (χ4v) is 2.02. The van der Waals surface area contributed by atoms with Crippen molar-refractivity contribution in [1.82, 2.24) is 0 Å². The molecule has 4 heteroatoms. The van der Waals surface area contributed by atoms with Gasteiger partial charge in [0, 0.05) is 19.4 Å². The lowest BCUT2D eigenvalue weighted by atomic mass is 10.0. The molecule has 0 spiro atoms. The van der Waals surface area contributed by atoms with Crippen LogP contribution in [0.1, 0.15) is 24.8 Å². The quantitative estimate of drug-likeness (QED) is 0.808. The lowest BCUT2D eigenvalue weighted by Crippen LogP contribution is -2.14. The van der Waals surface area contributed by atoms with Gasteiger partial charge in [-0.1, -0.05) is 0 Å². The van der Waals surface area contributed by atoms with E-state index in [4.69, 9.17) is 4.74 Å². The van der Waals surface area contributed by atoms with Gasteiger partial charge in [0.2, 0.25) is 0 Å². The third-order valence-corrected chi connectivity index (χ3v) is 2.87. The first kappa shape index (κ1) is 12.2. The molecule has 17 heavy (non-hydrogen) atoms. The predicted octanol–water partition coefficient (Wildman–Crippen LogP) is 2.65. The highest BCUT2D eigenvalue weighted by molar-refractivity contribution is 5.81. The van der Waals surface area contributed by atoms with Crippen LogP contribution in [-0.2, 0) is 16.0 Å². The number of hydrogen-bond donors (Lipinski definition) is 0. The number of halogens is 2. The fourth-order valence-electron chi connectivity index (χ4n) is 2.02. The van der Waals surface area contributed by atoms with E-state index < -0.39 is 11.6 Å². The molecule has 0 N–H and O–H groups in total. The lowest BCUT2D eigenvalue weighted by Gasteiger charge is -2.08. The summed E-state index contributed by atoms with van der Waals surface area (Å²) in [5.74, 6) is -1.17. The number of hydrogen-bond acceptors (Lipinski definition) is 2. The Morgan fingerprint density at radius 2 is 2.24 bits per heavy atom. The average Bonchev–Trinajstić information content (AvgIpc) is 2.76. The second-order valence-electron chi connectivity index (χ2n) is 4.29. The standard InChI is InChI=1S/C13H14F2O2/c14-10-3-4-13(15)9(6-10)7-11(16)8-12-2-1-5-17-12/h3-4,6,12H,1-2,5,7-8H2. The zero-order valence-corrected chi connectivity index (χ0v) is 9.42. The van der Waals surface area contributed by atoms with E-state index in [1.807, 2.05) is 0 Å². The summed E-state index contributed by atoms with van der Waals surface area (Å²) in [5, 5.41) is 0. The molecule has 1 atom stereocenters. The topological polar surface area (TPSA) is 26.3 Å². The van der Waals surface area contributed by atoms with E-state index in [1.54, 1.807) is 0 Å². The van der Waals surface area contributed by atoms with Crippen molar-refractivity contribution in [2.24, 2.45) is 0 Å². The number of rotatable bonds is 4. The van der Waals surface area contributed by atoms with Crippen molar-refractivity contribution in [2.45, 2.75) is 31.8 Å². The van der Waals surface area contributed by atoms with Crippen molar-refractivity contribution in [1.29, 1.82) is 0 Å². The van der Waals surface area contributed by atoms with E-state index in [0.717, 1.165) is 31.0 Å². The summed E-state index contributed by atoms with van der Waals surface area (Å²) in [4.78, 5) is 11.7. The molecule has 1 aromatic rings. The van der Waals surface area contributed by atoms with Crippen LogP contribution in [-0.4, -0.2) is 18.5 Å². The molecule has 1 unspecified atom stereocenters. The molecular formula is C13H14F2O2. The van der Waals surface area contributed by atoms with Gasteiger partial charge in [-0.3, -0.25) is 4.79 Å². The molecule has 0 aromatic heterocycles. The second kappa shape index (κ2) is 5.36. The smallest absolute Gasteiger partial charge is 0.139 e. The van der Waals surface area contributed by atoms with Crippen molar-refractivity contribution >= 4 is 5.78 Å². The van der Waals surface area contributed by atoms with E-state index in [2.05, 4.69) is 0 Å². The van der Waals surface area contributed by atoms with Crippen LogP contribution in [0.15, 0.2) is 18.2 Å². The predicted molar refractivity (Wildman–Crippen MR) is 58.7 cm³/mol. The van der Waals surface area contributed by atoms with Gasteiger partial charge in [0.15, 0.2) is 0 Å². The second-order valence-corrected chi connectivity index (χ2v) is 4.29. The molecule has 1 heterocycles. The Morgan fingerprint density at radius 3 is 2.94 bits per heavy atom. The molecule has 1 saturated heterocycles. The van der Waals surface area contributed by atoms with Gasteiger partial charge in [-0.15, -0.1) is 0 Å². The highest BCUT2D eigenvalue weighted by Crippen LogP contribution is 2.17. The normalized spacial score (nSPS) is 19.5. The van der Waals surface area contributed by atoms with Crippen LogP contribution in [0, 0.1) is 11.6 Å². The summed E-state index contributed by atoms with van der Waals surface area (Å²) in [6, 6.07) is 3.16. The zero-order valence-electron chi connectivity index (χ0n) is 9.42. The third kappa shape index (κ3) is 3.33. The highest BCUT2D eigenvalue weighted by Gasteiger charge is 2.19. The van der Waals surface area contributed by atoms with Gasteiger partial charge in [0.05, 0.1) is 6.10 Å². The average molecular weight is 240 g/mol. The van der Waals surface area contributed by atoms with Crippen LogP contribution in [0.2, 0.25) is 0 Å². The van der Waals surface area contributed by atoms with Crippen LogP contribution in [0.25, 0.3) is 0 Å². The monoisotopic (exact) mass is 240 g/mol. The Hall–Kier alpha value is -1.29. The molecule has 0 radical (unpaired) electrons. The lowest BCUT2D eigenvalue weighted by molar-refractivity contribution is -0.120. The molecule has 0 amide bonds. The Labute approximate surface area is 98.6 Å². The van der Waals surface area contributed by atoms with Gasteiger partial charge in [-0.25, -0.2) is 8.78 Å². The summed E-state index contributed by atoms with van der Waals surface area (Å²) in [7, 11) is 0. The molecule has 2 nitrogen and oxygen atoms in total. The third-order valence-electron chi connectivity index (χ3n) is 2.87. The SMILES string of the molecule is O=C(Cc1cc(F)ccc1F)CC1CCCO1. The Bertz CT molecular complexity index is 412. The number of carbonyl (C=O) groups excluding carboxylic acids is 1. The van der Waals surface area contributed by atoms with Gasteiger partial charge in [0.1, 0.15) is 17.4 Å². The number of benzene rings is 1. The molecule has 1 aromatic carbocycles. The Balaban J connectivity index is 1.95. The van der Waals surface area contributed by atoms with E-state index in [1.165, 1.54) is 0 Å². The summed E-state index contributed by atoms with van der Waals surface area (Å²) in [6.45, 7) is 0.687. The molecule has 0 bridgehead atoms. The van der Waals surface area contributed by atoms with Crippen LogP contribution in [0.4, 0.5) is 8.78 Å². The minimum absolute atomic E-state index is 0.0425. The van der Waals surface area contributed by atoms with E-state index >= 15 is 0 Å². The van der Waals surface area contributed by atoms with Gasteiger partial charge in [0.25, 0.3) is 0 Å². The summed E-state index contributed by atoms with van der Waals surface area (Å²) >= 11 is 0. The zero-order chi connectivity index (χ0) is 12.3. The fraction of sp³-hybridized carbons (Fsp3) is 0.462.